The van der Waals surface area contributed by atoms with Crippen LogP contribution in [0.3, 0.4) is 0 Å². The van der Waals surface area contributed by atoms with Gasteiger partial charge in [-0.2, -0.15) is 18.3 Å². The molecule has 2 N–H and O–H groups in total. The highest BCUT2D eigenvalue weighted by molar-refractivity contribution is 6.00. The van der Waals surface area contributed by atoms with Crippen molar-refractivity contribution in [3.63, 3.8) is 0 Å². The van der Waals surface area contributed by atoms with Gasteiger partial charge in [-0.1, -0.05) is 42.5 Å². The molecule has 0 saturated carbocycles. The number of para-hydroxylation sites is 2. The van der Waals surface area contributed by atoms with Crippen molar-refractivity contribution >= 4 is 11.6 Å². The third-order valence-electron chi connectivity index (χ3n) is 4.87. The molecule has 0 radical (unpaired) electrons. The molecule has 1 amide bonds. The van der Waals surface area contributed by atoms with E-state index < -0.39 is 17.6 Å². The molecule has 0 aliphatic rings. The molecule has 3 aromatic carbocycles. The molecule has 4 aromatic rings. The molecule has 6 nitrogen and oxygen atoms in total. The SMILES string of the molecule is COc1cccc(-c2nn(-c3ccccc3)cc2C(=O)NNc2ccccc2C(F)(F)F)c1. The standard InChI is InChI=1S/C24H19F3N4O2/c1-33-18-11-7-8-16(14-18)22-19(15-31(30-22)17-9-3-2-4-10-17)23(32)29-28-21-13-6-5-12-20(21)24(25,26)27/h2-15,28H,1H3,(H,29,32). The predicted molar refractivity (Wildman–Crippen MR) is 118 cm³/mol. The van der Waals surface area contributed by atoms with Crippen LogP contribution in [0.5, 0.6) is 5.75 Å². The van der Waals surface area contributed by atoms with Gasteiger partial charge >= 0.3 is 6.18 Å². The molecular formula is C24H19F3N4O2. The summed E-state index contributed by atoms with van der Waals surface area (Å²) in [6.45, 7) is 0. The second kappa shape index (κ2) is 9.07. The van der Waals surface area contributed by atoms with E-state index in [1.165, 1.54) is 36.2 Å². The number of carbonyl (C=O) groups excluding carboxylic acids is 1. The monoisotopic (exact) mass is 452 g/mol. The lowest BCUT2D eigenvalue weighted by Gasteiger charge is -2.15. The third kappa shape index (κ3) is 4.82. The quantitative estimate of drug-likeness (QED) is 0.389. The Kier molecular flexibility index (Phi) is 6.03. The van der Waals surface area contributed by atoms with Gasteiger partial charge in [0.05, 0.1) is 29.6 Å². The van der Waals surface area contributed by atoms with E-state index in [1.54, 1.807) is 24.3 Å². The number of anilines is 1. The highest BCUT2D eigenvalue weighted by atomic mass is 19.4. The molecule has 0 unspecified atom stereocenters. The number of hydrazine groups is 1. The third-order valence-corrected chi connectivity index (χ3v) is 4.87. The molecule has 9 heteroatoms. The molecule has 0 aliphatic heterocycles. The lowest BCUT2D eigenvalue weighted by atomic mass is 10.1. The first-order valence-electron chi connectivity index (χ1n) is 9.89. The van der Waals surface area contributed by atoms with E-state index in [0.29, 0.717) is 17.0 Å². The Morgan fingerprint density at radius 3 is 2.42 bits per heavy atom. The summed E-state index contributed by atoms with van der Waals surface area (Å²) in [7, 11) is 1.53. The number of nitrogens with zero attached hydrogens (tertiary/aromatic N) is 2. The van der Waals surface area contributed by atoms with Crippen LogP contribution in [-0.4, -0.2) is 22.8 Å². The number of carbonyl (C=O) groups is 1. The number of hydrogen-bond acceptors (Lipinski definition) is 4. The number of rotatable bonds is 6. The predicted octanol–water partition coefficient (Wildman–Crippen LogP) is 5.32. The number of alkyl halides is 3. The van der Waals surface area contributed by atoms with Crippen LogP contribution >= 0.6 is 0 Å². The van der Waals surface area contributed by atoms with E-state index in [1.807, 2.05) is 30.3 Å². The summed E-state index contributed by atoms with van der Waals surface area (Å²) < 4.78 is 46.6. The van der Waals surface area contributed by atoms with Crippen LogP contribution in [-0.2, 0) is 6.18 Å². The van der Waals surface area contributed by atoms with Gasteiger partial charge in [-0.3, -0.25) is 15.6 Å². The van der Waals surface area contributed by atoms with Crippen molar-refractivity contribution in [2.24, 2.45) is 0 Å². The minimum atomic E-state index is -4.57. The number of halogens is 3. The van der Waals surface area contributed by atoms with E-state index in [4.69, 9.17) is 4.74 Å². The average molecular weight is 452 g/mol. The summed E-state index contributed by atoms with van der Waals surface area (Å²) in [5.41, 5.74) is 5.44. The van der Waals surface area contributed by atoms with E-state index in [-0.39, 0.29) is 11.3 Å². The number of benzene rings is 3. The smallest absolute Gasteiger partial charge is 0.418 e. The van der Waals surface area contributed by atoms with Crippen molar-refractivity contribution in [2.75, 3.05) is 12.5 Å². The molecule has 0 aliphatic carbocycles. The molecule has 0 bridgehead atoms. The van der Waals surface area contributed by atoms with Gasteiger partial charge in [0.15, 0.2) is 0 Å². The maximum atomic E-state index is 13.3. The fraction of sp³-hybridized carbons (Fsp3) is 0.0833. The minimum absolute atomic E-state index is 0.170. The summed E-state index contributed by atoms with van der Waals surface area (Å²) in [6.07, 6.45) is -3.05. The molecule has 0 fully saturated rings. The van der Waals surface area contributed by atoms with E-state index >= 15 is 0 Å². The maximum Gasteiger partial charge on any atom is 0.418 e. The maximum absolute atomic E-state index is 13.3. The van der Waals surface area contributed by atoms with E-state index in [9.17, 15) is 18.0 Å². The molecular weight excluding hydrogens is 433 g/mol. The van der Waals surface area contributed by atoms with Crippen molar-refractivity contribution in [1.82, 2.24) is 15.2 Å². The fourth-order valence-electron chi connectivity index (χ4n) is 3.27. The number of amides is 1. The first-order chi connectivity index (χ1) is 15.9. The Balaban J connectivity index is 1.69. The number of nitrogens with one attached hydrogen (secondary N) is 2. The number of ether oxygens (including phenoxy) is 1. The van der Waals surface area contributed by atoms with Crippen molar-refractivity contribution in [1.29, 1.82) is 0 Å². The molecule has 0 saturated heterocycles. The summed E-state index contributed by atoms with van der Waals surface area (Å²) in [6, 6.07) is 21.1. The minimum Gasteiger partial charge on any atom is -0.497 e. The van der Waals surface area contributed by atoms with Crippen molar-refractivity contribution in [2.45, 2.75) is 6.18 Å². The molecule has 0 spiro atoms. The van der Waals surface area contributed by atoms with Crippen LogP contribution in [0.2, 0.25) is 0 Å². The topological polar surface area (TPSA) is 68.2 Å². The van der Waals surface area contributed by atoms with E-state index in [0.717, 1.165) is 11.8 Å². The Morgan fingerprint density at radius 2 is 1.70 bits per heavy atom. The Labute approximate surface area is 187 Å². The van der Waals surface area contributed by atoms with Crippen LogP contribution in [0.25, 0.3) is 16.9 Å². The van der Waals surface area contributed by atoms with Gasteiger partial charge in [-0.25, -0.2) is 4.68 Å². The van der Waals surface area contributed by atoms with Crippen LogP contribution in [0.15, 0.2) is 85.1 Å². The Hall–Kier alpha value is -4.27. The van der Waals surface area contributed by atoms with Gasteiger partial charge in [0, 0.05) is 11.8 Å². The first-order valence-corrected chi connectivity index (χ1v) is 9.89. The second-order valence-corrected chi connectivity index (χ2v) is 7.03. The zero-order valence-corrected chi connectivity index (χ0v) is 17.4. The normalized spacial score (nSPS) is 11.2. The molecule has 1 heterocycles. The van der Waals surface area contributed by atoms with Crippen LogP contribution in [0.4, 0.5) is 18.9 Å². The molecule has 1 aromatic heterocycles. The summed E-state index contributed by atoms with van der Waals surface area (Å²) in [4.78, 5) is 13.0. The van der Waals surface area contributed by atoms with Gasteiger partial charge in [0.1, 0.15) is 11.4 Å². The molecule has 33 heavy (non-hydrogen) atoms. The second-order valence-electron chi connectivity index (χ2n) is 7.03. The van der Waals surface area contributed by atoms with Crippen LogP contribution in [0.1, 0.15) is 15.9 Å². The van der Waals surface area contributed by atoms with Gasteiger partial charge in [0.25, 0.3) is 5.91 Å². The van der Waals surface area contributed by atoms with Crippen molar-refractivity contribution in [3.05, 3.63) is 96.2 Å². The molecule has 168 valence electrons. The largest absolute Gasteiger partial charge is 0.497 e. The summed E-state index contributed by atoms with van der Waals surface area (Å²) in [5.74, 6) is -0.0719. The first kappa shape index (κ1) is 21.9. The number of methoxy groups -OCH3 is 1. The highest BCUT2D eigenvalue weighted by Gasteiger charge is 2.33. The van der Waals surface area contributed by atoms with E-state index in [2.05, 4.69) is 16.0 Å². The van der Waals surface area contributed by atoms with Crippen molar-refractivity contribution < 1.29 is 22.7 Å². The lowest BCUT2D eigenvalue weighted by Crippen LogP contribution is -2.30. The summed E-state index contributed by atoms with van der Waals surface area (Å²) >= 11 is 0. The zero-order chi connectivity index (χ0) is 23.4. The molecule has 0 atom stereocenters. The Morgan fingerprint density at radius 1 is 0.970 bits per heavy atom. The number of aromatic nitrogens is 2. The van der Waals surface area contributed by atoms with Crippen LogP contribution < -0.4 is 15.6 Å². The Bertz CT molecular complexity index is 1270. The average Bonchev–Trinajstić information content (AvgIpc) is 3.28. The number of hydrogen-bond donors (Lipinski definition) is 2. The lowest BCUT2D eigenvalue weighted by molar-refractivity contribution is -0.137. The molecule has 4 rings (SSSR count). The van der Waals surface area contributed by atoms with Crippen molar-refractivity contribution in [3.8, 4) is 22.7 Å². The van der Waals surface area contributed by atoms with Gasteiger partial charge in [0.2, 0.25) is 0 Å². The van der Waals surface area contributed by atoms with Gasteiger partial charge in [-0.15, -0.1) is 0 Å². The van der Waals surface area contributed by atoms with Crippen LogP contribution in [0, 0.1) is 0 Å². The zero-order valence-electron chi connectivity index (χ0n) is 17.4. The fourth-order valence-corrected chi connectivity index (χ4v) is 3.27. The summed E-state index contributed by atoms with van der Waals surface area (Å²) in [5, 5.41) is 4.55. The van der Waals surface area contributed by atoms with Gasteiger partial charge < -0.3 is 4.74 Å². The van der Waals surface area contributed by atoms with Gasteiger partial charge in [-0.05, 0) is 36.4 Å². The highest BCUT2D eigenvalue weighted by Crippen LogP contribution is 2.34.